The summed E-state index contributed by atoms with van der Waals surface area (Å²) in [7, 11) is 0. The minimum absolute atomic E-state index is 0.0321. The highest BCUT2D eigenvalue weighted by molar-refractivity contribution is 9.10. The fourth-order valence-electron chi connectivity index (χ4n) is 1.02. The first kappa shape index (κ1) is 13.3. The third-order valence-electron chi connectivity index (χ3n) is 1.61. The Bertz CT molecular complexity index is 431. The zero-order chi connectivity index (χ0) is 12.5. The van der Waals surface area contributed by atoms with Gasteiger partial charge in [0.1, 0.15) is 5.75 Å². The van der Waals surface area contributed by atoms with Gasteiger partial charge in [0.25, 0.3) is 0 Å². The molecule has 0 aliphatic rings. The molecule has 0 spiro atoms. The lowest BCUT2D eigenvalue weighted by Crippen LogP contribution is -2.17. The number of hydrogen-bond donors (Lipinski definition) is 0. The second-order valence-electron chi connectivity index (χ2n) is 2.87. The molecule has 0 unspecified atom stereocenters. The van der Waals surface area contributed by atoms with E-state index in [1.807, 2.05) is 0 Å². The molecule has 0 saturated carbocycles. The normalized spacial score (nSPS) is 11.4. The fraction of sp³-hybridized carbons (Fsp3) is 0.222. The third kappa shape index (κ3) is 3.38. The molecule has 0 saturated heterocycles. The van der Waals surface area contributed by atoms with Gasteiger partial charge in [-0.1, -0.05) is 27.5 Å². The number of ether oxygens (including phenoxy) is 1. The Morgan fingerprint density at radius 3 is 2.44 bits per heavy atom. The van der Waals surface area contributed by atoms with E-state index in [1.165, 1.54) is 13.0 Å². The Morgan fingerprint density at radius 1 is 1.44 bits per heavy atom. The quantitative estimate of drug-likeness (QED) is 0.764. The first-order valence-corrected chi connectivity index (χ1v) is 5.13. The number of ketones is 1. The second kappa shape index (κ2) is 4.63. The van der Waals surface area contributed by atoms with Gasteiger partial charge in [0.15, 0.2) is 5.78 Å². The molecule has 0 aliphatic carbocycles. The molecule has 0 aliphatic heterocycles. The van der Waals surface area contributed by atoms with Crippen molar-refractivity contribution in [3.05, 3.63) is 27.2 Å². The van der Waals surface area contributed by atoms with Gasteiger partial charge < -0.3 is 4.74 Å². The van der Waals surface area contributed by atoms with Crippen molar-refractivity contribution in [2.24, 2.45) is 0 Å². The summed E-state index contributed by atoms with van der Waals surface area (Å²) in [6, 6.07) is 2.37. The van der Waals surface area contributed by atoms with Gasteiger partial charge in [0.05, 0.1) is 5.02 Å². The summed E-state index contributed by atoms with van der Waals surface area (Å²) in [6.45, 7) is 1.20. The molecule has 0 amide bonds. The summed E-state index contributed by atoms with van der Waals surface area (Å²) in [5.41, 5.74) is -0.0321. The molecule has 0 heterocycles. The van der Waals surface area contributed by atoms with Crippen molar-refractivity contribution in [3.8, 4) is 5.75 Å². The van der Waals surface area contributed by atoms with Gasteiger partial charge in [0.2, 0.25) is 0 Å². The lowest BCUT2D eigenvalue weighted by molar-refractivity contribution is -0.274. The maximum absolute atomic E-state index is 12.0. The van der Waals surface area contributed by atoms with Crippen molar-refractivity contribution in [3.63, 3.8) is 0 Å². The maximum atomic E-state index is 12.0. The molecule has 0 radical (unpaired) electrons. The molecule has 7 heteroatoms. The fourth-order valence-corrected chi connectivity index (χ4v) is 1.74. The first-order chi connectivity index (χ1) is 7.20. The predicted molar refractivity (Wildman–Crippen MR) is 55.8 cm³/mol. The largest absolute Gasteiger partial charge is 0.573 e. The summed E-state index contributed by atoms with van der Waals surface area (Å²) >= 11 is 8.58. The highest BCUT2D eigenvalue weighted by Gasteiger charge is 2.32. The van der Waals surface area contributed by atoms with Crippen LogP contribution in [0.5, 0.6) is 5.75 Å². The molecular formula is C9H5BrClF3O2. The van der Waals surface area contributed by atoms with Crippen LogP contribution in [0.15, 0.2) is 16.6 Å². The van der Waals surface area contributed by atoms with E-state index >= 15 is 0 Å². The molecule has 0 N–H and O–H groups in total. The van der Waals surface area contributed by atoms with Crippen molar-refractivity contribution >= 4 is 33.3 Å². The summed E-state index contributed by atoms with van der Waals surface area (Å²) in [4.78, 5) is 11.1. The van der Waals surface area contributed by atoms with E-state index in [2.05, 4.69) is 20.7 Å². The minimum Gasteiger partial charge on any atom is -0.404 e. The molecule has 0 aromatic heterocycles. The van der Waals surface area contributed by atoms with E-state index < -0.39 is 17.9 Å². The van der Waals surface area contributed by atoms with E-state index in [0.717, 1.165) is 6.07 Å². The SMILES string of the molecule is CC(=O)c1cc(Br)cc(OC(F)(F)F)c1Cl. The standard InChI is InChI=1S/C9H5BrClF3O2/c1-4(15)6-2-5(10)3-7(8(6)11)16-9(12,13)14/h2-3H,1H3. The van der Waals surface area contributed by atoms with Gasteiger partial charge >= 0.3 is 6.36 Å². The molecular weight excluding hydrogens is 312 g/mol. The molecule has 0 atom stereocenters. The number of carbonyl (C=O) groups is 1. The van der Waals surface area contributed by atoms with Crippen molar-refractivity contribution < 1.29 is 22.7 Å². The summed E-state index contributed by atoms with van der Waals surface area (Å²) in [6.07, 6.45) is -4.85. The summed E-state index contributed by atoms with van der Waals surface area (Å²) in [5, 5.41) is -0.354. The van der Waals surface area contributed by atoms with Crippen LogP contribution in [0.2, 0.25) is 5.02 Å². The molecule has 0 fully saturated rings. The zero-order valence-electron chi connectivity index (χ0n) is 7.86. The van der Waals surface area contributed by atoms with E-state index in [0.29, 0.717) is 0 Å². The van der Waals surface area contributed by atoms with Gasteiger partial charge in [-0.05, 0) is 19.1 Å². The van der Waals surface area contributed by atoms with Crippen LogP contribution in [0, 0.1) is 0 Å². The Morgan fingerprint density at radius 2 is 2.00 bits per heavy atom. The Kier molecular flexibility index (Phi) is 3.85. The Balaban J connectivity index is 3.25. The van der Waals surface area contributed by atoms with Crippen LogP contribution in [0.25, 0.3) is 0 Å². The molecule has 2 nitrogen and oxygen atoms in total. The first-order valence-electron chi connectivity index (χ1n) is 3.96. The number of halogens is 5. The maximum Gasteiger partial charge on any atom is 0.573 e. The number of benzene rings is 1. The highest BCUT2D eigenvalue weighted by atomic mass is 79.9. The summed E-state index contributed by atoms with van der Waals surface area (Å²) < 4.78 is 40.0. The van der Waals surface area contributed by atoms with Gasteiger partial charge in [-0.15, -0.1) is 13.2 Å². The topological polar surface area (TPSA) is 26.3 Å². The van der Waals surface area contributed by atoms with Gasteiger partial charge in [-0.25, -0.2) is 0 Å². The van der Waals surface area contributed by atoms with Gasteiger partial charge in [-0.3, -0.25) is 4.79 Å². The monoisotopic (exact) mass is 316 g/mol. The van der Waals surface area contributed by atoms with E-state index in [9.17, 15) is 18.0 Å². The summed E-state index contributed by atoms with van der Waals surface area (Å²) in [5.74, 6) is -1.05. The van der Waals surface area contributed by atoms with Crippen LogP contribution < -0.4 is 4.74 Å². The second-order valence-corrected chi connectivity index (χ2v) is 4.16. The Labute approximate surface area is 102 Å². The molecule has 1 aromatic carbocycles. The average Bonchev–Trinajstić information content (AvgIpc) is 2.07. The smallest absolute Gasteiger partial charge is 0.404 e. The van der Waals surface area contributed by atoms with Crippen LogP contribution in [-0.2, 0) is 0 Å². The zero-order valence-corrected chi connectivity index (χ0v) is 10.2. The van der Waals surface area contributed by atoms with Crippen molar-refractivity contribution in [1.29, 1.82) is 0 Å². The average molecular weight is 317 g/mol. The number of alkyl halides is 3. The number of hydrogen-bond acceptors (Lipinski definition) is 2. The number of carbonyl (C=O) groups excluding carboxylic acids is 1. The lowest BCUT2D eigenvalue weighted by atomic mass is 10.1. The van der Waals surface area contributed by atoms with Crippen molar-refractivity contribution in [1.82, 2.24) is 0 Å². The van der Waals surface area contributed by atoms with Crippen LogP contribution in [-0.4, -0.2) is 12.1 Å². The van der Waals surface area contributed by atoms with Crippen LogP contribution >= 0.6 is 27.5 Å². The number of Topliss-reactive ketones (excluding diaryl/α,β-unsaturated/α-hetero) is 1. The molecule has 0 bridgehead atoms. The molecule has 1 aromatic rings. The van der Waals surface area contributed by atoms with Crippen molar-refractivity contribution in [2.75, 3.05) is 0 Å². The minimum atomic E-state index is -4.85. The third-order valence-corrected chi connectivity index (χ3v) is 2.46. The van der Waals surface area contributed by atoms with E-state index in [4.69, 9.17) is 11.6 Å². The van der Waals surface area contributed by atoms with Crippen molar-refractivity contribution in [2.45, 2.75) is 13.3 Å². The predicted octanol–water partition coefficient (Wildman–Crippen LogP) is 4.20. The van der Waals surface area contributed by atoms with Crippen LogP contribution in [0.3, 0.4) is 0 Å². The molecule has 88 valence electrons. The van der Waals surface area contributed by atoms with E-state index in [1.54, 1.807) is 0 Å². The Hall–Kier alpha value is -0.750. The van der Waals surface area contributed by atoms with E-state index in [-0.39, 0.29) is 15.1 Å². The lowest BCUT2D eigenvalue weighted by Gasteiger charge is -2.12. The van der Waals surface area contributed by atoms with Gasteiger partial charge in [0, 0.05) is 10.0 Å². The molecule has 16 heavy (non-hydrogen) atoms. The van der Waals surface area contributed by atoms with Crippen LogP contribution in [0.1, 0.15) is 17.3 Å². The number of rotatable bonds is 2. The van der Waals surface area contributed by atoms with Crippen LogP contribution in [0.4, 0.5) is 13.2 Å². The van der Waals surface area contributed by atoms with Gasteiger partial charge in [-0.2, -0.15) is 0 Å². The molecule has 1 rings (SSSR count). The highest BCUT2D eigenvalue weighted by Crippen LogP contribution is 2.35.